The molecular formula is C38H30O9. The molecule has 2 aliphatic rings. The predicted molar refractivity (Wildman–Crippen MR) is 175 cm³/mol. The van der Waals surface area contributed by atoms with E-state index in [0.29, 0.717) is 69.8 Å². The van der Waals surface area contributed by atoms with Crippen LogP contribution in [-0.4, -0.2) is 34.1 Å². The number of hydrogen-bond donors (Lipinski definition) is 0. The second kappa shape index (κ2) is 11.8. The van der Waals surface area contributed by atoms with E-state index in [1.807, 2.05) is 72.8 Å². The zero-order chi connectivity index (χ0) is 31.9. The number of aldehydes is 1. The lowest BCUT2D eigenvalue weighted by Gasteiger charge is -2.07. The van der Waals surface area contributed by atoms with Crippen molar-refractivity contribution in [1.82, 2.24) is 0 Å². The molecule has 236 valence electrons. The van der Waals surface area contributed by atoms with Crippen molar-refractivity contribution in [3.63, 3.8) is 0 Å². The van der Waals surface area contributed by atoms with E-state index < -0.39 is 0 Å². The Morgan fingerprint density at radius 1 is 0.660 bits per heavy atom. The molecule has 0 N–H and O–H groups in total. The third-order valence-corrected chi connectivity index (χ3v) is 8.44. The summed E-state index contributed by atoms with van der Waals surface area (Å²) in [6.07, 6.45) is 4.76. The Balaban J connectivity index is 1.00. The van der Waals surface area contributed by atoms with E-state index in [-0.39, 0.29) is 13.6 Å². The molecular weight excluding hydrogens is 600 g/mol. The van der Waals surface area contributed by atoms with Crippen LogP contribution in [0, 0.1) is 0 Å². The van der Waals surface area contributed by atoms with Gasteiger partial charge < -0.3 is 37.3 Å². The lowest BCUT2D eigenvalue weighted by Crippen LogP contribution is -1.95. The number of benzene rings is 4. The van der Waals surface area contributed by atoms with E-state index in [4.69, 9.17) is 37.3 Å². The van der Waals surface area contributed by atoms with Gasteiger partial charge in [0.05, 0.1) is 14.2 Å². The number of carbonyl (C=O) groups excluding carboxylic acids is 1. The van der Waals surface area contributed by atoms with Gasteiger partial charge in [0.2, 0.25) is 13.6 Å². The molecule has 0 saturated heterocycles. The molecule has 0 unspecified atom stereocenters. The van der Waals surface area contributed by atoms with Gasteiger partial charge in [0.15, 0.2) is 45.7 Å². The first-order valence-electron chi connectivity index (χ1n) is 15.2. The summed E-state index contributed by atoms with van der Waals surface area (Å²) in [7, 11) is 3.25. The number of rotatable bonds is 10. The molecule has 0 aliphatic carbocycles. The molecule has 4 aromatic carbocycles. The number of furan rings is 2. The zero-order valence-corrected chi connectivity index (χ0v) is 25.8. The smallest absolute Gasteiger partial charge is 0.231 e. The first kappa shape index (κ1) is 28.6. The Morgan fingerprint density at radius 2 is 1.19 bits per heavy atom. The maximum absolute atomic E-state index is 12.1. The minimum absolute atomic E-state index is 0.209. The number of allylic oxidation sites excluding steroid dienone is 2. The maximum atomic E-state index is 12.1. The minimum Gasteiger partial charge on any atom is -0.493 e. The number of methoxy groups -OCH3 is 2. The van der Waals surface area contributed by atoms with E-state index >= 15 is 0 Å². The molecule has 8 rings (SSSR count). The van der Waals surface area contributed by atoms with E-state index in [1.54, 1.807) is 14.2 Å². The van der Waals surface area contributed by atoms with Crippen LogP contribution in [0.3, 0.4) is 0 Å². The summed E-state index contributed by atoms with van der Waals surface area (Å²) in [4.78, 5) is 12.1. The number of fused-ring (bicyclic) bond motifs is 4. The van der Waals surface area contributed by atoms with Crippen LogP contribution >= 0.6 is 0 Å². The van der Waals surface area contributed by atoms with E-state index in [0.717, 1.165) is 51.5 Å². The molecule has 6 aromatic rings. The summed E-state index contributed by atoms with van der Waals surface area (Å²) in [5.41, 5.74) is 5.80. The van der Waals surface area contributed by atoms with Crippen LogP contribution in [0.25, 0.3) is 44.6 Å². The molecule has 0 fully saturated rings. The van der Waals surface area contributed by atoms with Crippen LogP contribution in [0.2, 0.25) is 0 Å². The number of aryl methyl sites for hydroxylation is 1. The zero-order valence-electron chi connectivity index (χ0n) is 25.8. The Hall–Kier alpha value is -5.83. The quantitative estimate of drug-likeness (QED) is 0.109. The first-order valence-corrected chi connectivity index (χ1v) is 15.2. The molecule has 2 aromatic heterocycles. The van der Waals surface area contributed by atoms with Gasteiger partial charge in [0.1, 0.15) is 17.8 Å². The summed E-state index contributed by atoms with van der Waals surface area (Å²) in [5.74, 6) is 5.48. The third kappa shape index (κ3) is 5.39. The lowest BCUT2D eigenvalue weighted by molar-refractivity contribution is -0.105. The topological polar surface area (TPSA) is 98.7 Å². The minimum atomic E-state index is 0.209. The van der Waals surface area contributed by atoms with Crippen LogP contribution in [0.15, 0.2) is 93.3 Å². The SMILES string of the molecule is COc1cc(CC/C=C(/C=O)Cc2cc(OC)c3oc(-c4ccc5c(c4)OCO5)cc3c2)cc2cc(-c3ccc4c(c3)OCO4)oc12. The second-order valence-corrected chi connectivity index (χ2v) is 11.4. The third-order valence-electron chi connectivity index (χ3n) is 8.44. The normalized spacial score (nSPS) is 13.4. The van der Waals surface area contributed by atoms with Crippen LogP contribution in [0.4, 0.5) is 0 Å². The number of carbonyl (C=O) groups is 1. The molecule has 4 heterocycles. The molecule has 0 bridgehead atoms. The van der Waals surface area contributed by atoms with Crippen molar-refractivity contribution in [3.8, 4) is 57.1 Å². The van der Waals surface area contributed by atoms with Gasteiger partial charge in [-0.3, -0.25) is 4.79 Å². The highest BCUT2D eigenvalue weighted by atomic mass is 16.7. The summed E-state index contributed by atoms with van der Waals surface area (Å²) < 4.78 is 45.7. The molecule has 0 spiro atoms. The van der Waals surface area contributed by atoms with Crippen LogP contribution in [0.1, 0.15) is 17.5 Å². The summed E-state index contributed by atoms with van der Waals surface area (Å²) >= 11 is 0. The predicted octanol–water partition coefficient (Wildman–Crippen LogP) is 8.29. The lowest BCUT2D eigenvalue weighted by atomic mass is 10.0. The number of hydrogen-bond acceptors (Lipinski definition) is 9. The monoisotopic (exact) mass is 630 g/mol. The summed E-state index contributed by atoms with van der Waals surface area (Å²) in [6, 6.07) is 23.5. The van der Waals surface area contributed by atoms with Crippen LogP contribution in [0.5, 0.6) is 34.5 Å². The van der Waals surface area contributed by atoms with Gasteiger partial charge in [-0.05, 0) is 102 Å². The summed E-state index contributed by atoms with van der Waals surface area (Å²) in [6.45, 7) is 0.425. The Morgan fingerprint density at radius 3 is 1.74 bits per heavy atom. The molecule has 0 amide bonds. The fraction of sp³-hybridized carbons (Fsp3) is 0.184. The van der Waals surface area contributed by atoms with E-state index in [1.165, 1.54) is 0 Å². The average molecular weight is 631 g/mol. The standard InChI is InChI=1S/C38H30O9/c1-40-35-13-22(11-27-17-31(46-37(27)35)25-6-8-29-33(15-25)44-20-42-29)4-3-5-23(19-39)10-24-12-28-18-32(47-38(28)36(14-24)41-2)26-7-9-30-34(16-26)45-21-43-30/h5-9,11-19H,3-4,10,20-21H2,1-2H3/b23-5+. The fourth-order valence-electron chi connectivity index (χ4n) is 6.12. The molecule has 0 saturated carbocycles. The molecule has 0 radical (unpaired) electrons. The first-order chi connectivity index (χ1) is 23.1. The van der Waals surface area contributed by atoms with Gasteiger partial charge in [-0.15, -0.1) is 0 Å². The van der Waals surface area contributed by atoms with Crippen molar-refractivity contribution >= 4 is 28.2 Å². The maximum Gasteiger partial charge on any atom is 0.231 e. The van der Waals surface area contributed by atoms with E-state index in [2.05, 4.69) is 6.07 Å². The van der Waals surface area contributed by atoms with Gasteiger partial charge in [-0.1, -0.05) is 6.08 Å². The van der Waals surface area contributed by atoms with Crippen molar-refractivity contribution in [2.45, 2.75) is 19.3 Å². The van der Waals surface area contributed by atoms with Crippen molar-refractivity contribution in [2.24, 2.45) is 0 Å². The van der Waals surface area contributed by atoms with E-state index in [9.17, 15) is 4.79 Å². The van der Waals surface area contributed by atoms with Crippen molar-refractivity contribution in [2.75, 3.05) is 27.8 Å². The molecule has 2 aliphatic heterocycles. The van der Waals surface area contributed by atoms with Crippen molar-refractivity contribution in [3.05, 3.63) is 95.6 Å². The van der Waals surface area contributed by atoms with Gasteiger partial charge in [0, 0.05) is 28.3 Å². The Bertz CT molecular complexity index is 2190. The van der Waals surface area contributed by atoms with Gasteiger partial charge in [-0.25, -0.2) is 0 Å². The largest absolute Gasteiger partial charge is 0.493 e. The molecule has 9 nitrogen and oxygen atoms in total. The second-order valence-electron chi connectivity index (χ2n) is 11.4. The Labute approximate surface area is 269 Å². The van der Waals surface area contributed by atoms with Crippen LogP contribution in [-0.2, 0) is 17.6 Å². The molecule has 47 heavy (non-hydrogen) atoms. The average Bonchev–Trinajstić information content (AvgIpc) is 3.91. The highest BCUT2D eigenvalue weighted by Crippen LogP contribution is 2.41. The summed E-state index contributed by atoms with van der Waals surface area (Å²) in [5, 5.41) is 1.82. The highest BCUT2D eigenvalue weighted by Gasteiger charge is 2.19. The van der Waals surface area contributed by atoms with Crippen molar-refractivity contribution < 1.29 is 42.1 Å². The van der Waals surface area contributed by atoms with Gasteiger partial charge >= 0.3 is 0 Å². The van der Waals surface area contributed by atoms with Crippen molar-refractivity contribution in [1.29, 1.82) is 0 Å². The van der Waals surface area contributed by atoms with Crippen LogP contribution < -0.4 is 28.4 Å². The molecule has 9 heteroatoms. The van der Waals surface area contributed by atoms with Gasteiger partial charge in [-0.2, -0.15) is 0 Å². The van der Waals surface area contributed by atoms with Gasteiger partial charge in [0.25, 0.3) is 0 Å². The molecule has 0 atom stereocenters. The highest BCUT2D eigenvalue weighted by molar-refractivity contribution is 5.90. The Kier molecular flexibility index (Phi) is 7.21. The number of ether oxygens (including phenoxy) is 6. The fourth-order valence-corrected chi connectivity index (χ4v) is 6.12.